The molecule has 1 heterocycles. The van der Waals surface area contributed by atoms with Crippen LogP contribution in [0.5, 0.6) is 0 Å². The second-order valence-corrected chi connectivity index (χ2v) is 11.7. The van der Waals surface area contributed by atoms with Crippen LogP contribution < -0.4 is 15.9 Å². The summed E-state index contributed by atoms with van der Waals surface area (Å²) in [5.74, 6) is 0. The fourth-order valence-corrected chi connectivity index (χ4v) is 8.14. The third-order valence-corrected chi connectivity index (χ3v) is 10.4. The number of benzene rings is 3. The van der Waals surface area contributed by atoms with E-state index >= 15 is 0 Å². The van der Waals surface area contributed by atoms with Crippen LogP contribution in [0.2, 0.25) is 0 Å². The van der Waals surface area contributed by atoms with E-state index in [0.717, 1.165) is 12.1 Å². The molecule has 0 bridgehead atoms. The first-order valence-electron chi connectivity index (χ1n) is 10.8. The summed E-state index contributed by atoms with van der Waals surface area (Å²) in [6.45, 7) is 2.45. The summed E-state index contributed by atoms with van der Waals surface area (Å²) in [5.41, 5.74) is 5.12. The van der Waals surface area contributed by atoms with Crippen molar-refractivity contribution in [2.45, 2.75) is 25.7 Å². The Morgan fingerprint density at radius 1 is 0.633 bits per heavy atom. The van der Waals surface area contributed by atoms with Gasteiger partial charge in [0, 0.05) is 11.3 Å². The Hall–Kier alpha value is -2.76. The lowest BCUT2D eigenvalue weighted by Gasteiger charge is -2.25. The summed E-state index contributed by atoms with van der Waals surface area (Å²) < 4.78 is 0. The van der Waals surface area contributed by atoms with Crippen LogP contribution in [0, 0.1) is 0 Å². The van der Waals surface area contributed by atoms with E-state index < -0.39 is 7.26 Å². The van der Waals surface area contributed by atoms with Crippen LogP contribution in [0.15, 0.2) is 97.1 Å². The van der Waals surface area contributed by atoms with Crippen molar-refractivity contribution < 1.29 is 0 Å². The summed E-state index contributed by atoms with van der Waals surface area (Å²) >= 11 is 0. The predicted molar refractivity (Wildman–Crippen MR) is 131 cm³/mol. The van der Waals surface area contributed by atoms with E-state index in [1.165, 1.54) is 52.0 Å². The number of pyridine rings is 1. The first-order valence-corrected chi connectivity index (χ1v) is 13.1. The first-order chi connectivity index (χ1) is 14.8. The van der Waals surface area contributed by atoms with Crippen LogP contribution in [0.1, 0.15) is 24.1 Å². The van der Waals surface area contributed by atoms with Crippen molar-refractivity contribution in [1.29, 1.82) is 0 Å². The van der Waals surface area contributed by atoms with Crippen LogP contribution in [0.4, 0.5) is 0 Å². The highest BCUT2D eigenvalue weighted by atomic mass is 31.2. The molecule has 1 aromatic heterocycles. The maximum atomic E-state index is 5.16. The molecular formula is C28H27NP+. The molecule has 2 heteroatoms. The molecule has 1 aliphatic rings. The van der Waals surface area contributed by atoms with Gasteiger partial charge < -0.3 is 0 Å². The number of hydrogen-bond acceptors (Lipinski definition) is 1. The van der Waals surface area contributed by atoms with Gasteiger partial charge in [-0.2, -0.15) is 0 Å². The van der Waals surface area contributed by atoms with Crippen LogP contribution in [-0.2, 0) is 12.8 Å². The molecule has 4 aromatic rings. The van der Waals surface area contributed by atoms with Crippen LogP contribution in [0.25, 0.3) is 11.3 Å². The van der Waals surface area contributed by atoms with Gasteiger partial charge >= 0.3 is 0 Å². The van der Waals surface area contributed by atoms with Crippen molar-refractivity contribution in [3.63, 3.8) is 0 Å². The standard InChI is InChI=1S/C28H27NP/c1-30(23-13-4-2-5-14-23,24-15-6-3-7-16-24)28-19-11-9-17-25(28)27-21-20-22-12-8-10-18-26(22)29-27/h2-7,9,11,13-17,19-21H,8,10,12,18H2,1H3/q+1. The zero-order chi connectivity index (χ0) is 20.4. The second-order valence-electron chi connectivity index (χ2n) is 8.20. The first kappa shape index (κ1) is 19.2. The second kappa shape index (κ2) is 8.17. The maximum Gasteiger partial charge on any atom is 0.113 e. The van der Waals surface area contributed by atoms with Gasteiger partial charge in [0.15, 0.2) is 0 Å². The van der Waals surface area contributed by atoms with Crippen molar-refractivity contribution >= 4 is 23.2 Å². The fraction of sp³-hybridized carbons (Fsp3) is 0.179. The van der Waals surface area contributed by atoms with Gasteiger partial charge in [0.1, 0.15) is 23.2 Å². The monoisotopic (exact) mass is 408 g/mol. The lowest BCUT2D eigenvalue weighted by Crippen LogP contribution is -2.31. The van der Waals surface area contributed by atoms with E-state index in [-0.39, 0.29) is 0 Å². The van der Waals surface area contributed by atoms with Gasteiger partial charge in [-0.25, -0.2) is 0 Å². The SMILES string of the molecule is C[P+](c1ccccc1)(c1ccccc1)c1ccccc1-c1ccc2c(n1)CCCC2. The minimum atomic E-state index is -1.80. The third-order valence-electron chi connectivity index (χ3n) is 6.39. The van der Waals surface area contributed by atoms with E-state index in [1.807, 2.05) is 0 Å². The molecule has 0 fully saturated rings. The Labute approximate surface area is 180 Å². The number of rotatable bonds is 4. The Morgan fingerprint density at radius 3 is 1.93 bits per heavy atom. The number of fused-ring (bicyclic) bond motifs is 1. The van der Waals surface area contributed by atoms with Crippen LogP contribution in [0.3, 0.4) is 0 Å². The predicted octanol–water partition coefficient (Wildman–Crippen LogP) is 5.55. The largest absolute Gasteiger partial charge is 0.252 e. The van der Waals surface area contributed by atoms with E-state index in [2.05, 4.69) is 104 Å². The topological polar surface area (TPSA) is 12.9 Å². The third kappa shape index (κ3) is 3.38. The fourth-order valence-electron chi connectivity index (χ4n) is 4.69. The Morgan fingerprint density at radius 2 is 1.23 bits per heavy atom. The molecule has 3 aromatic carbocycles. The quantitative estimate of drug-likeness (QED) is 0.404. The Balaban J connectivity index is 1.73. The smallest absolute Gasteiger partial charge is 0.113 e. The normalized spacial score (nSPS) is 13.6. The molecule has 0 radical (unpaired) electrons. The van der Waals surface area contributed by atoms with Crippen molar-refractivity contribution in [1.82, 2.24) is 4.98 Å². The lowest BCUT2D eigenvalue weighted by atomic mass is 9.95. The molecule has 1 aliphatic carbocycles. The highest BCUT2D eigenvalue weighted by Gasteiger charge is 2.42. The van der Waals surface area contributed by atoms with Gasteiger partial charge in [0.25, 0.3) is 0 Å². The van der Waals surface area contributed by atoms with Crippen molar-refractivity contribution in [3.8, 4) is 11.3 Å². The average molecular weight is 409 g/mol. The number of aromatic nitrogens is 1. The highest BCUT2D eigenvalue weighted by molar-refractivity contribution is 7.95. The molecule has 0 N–H and O–H groups in total. The summed E-state index contributed by atoms with van der Waals surface area (Å²) in [6, 6.07) is 35.5. The number of nitrogens with zero attached hydrogens (tertiary/aromatic N) is 1. The molecule has 148 valence electrons. The summed E-state index contributed by atoms with van der Waals surface area (Å²) in [4.78, 5) is 5.16. The summed E-state index contributed by atoms with van der Waals surface area (Å²) in [5, 5.41) is 4.22. The molecule has 0 atom stereocenters. The van der Waals surface area contributed by atoms with Gasteiger partial charge in [-0.1, -0.05) is 54.6 Å². The molecule has 30 heavy (non-hydrogen) atoms. The molecule has 0 unspecified atom stereocenters. The van der Waals surface area contributed by atoms with Crippen molar-refractivity contribution in [2.24, 2.45) is 0 Å². The van der Waals surface area contributed by atoms with Crippen molar-refractivity contribution in [2.75, 3.05) is 6.66 Å². The Bertz CT molecular complexity index is 1110. The van der Waals surface area contributed by atoms with Gasteiger partial charge in [-0.3, -0.25) is 4.98 Å². The molecule has 1 nitrogen and oxygen atoms in total. The van der Waals surface area contributed by atoms with Crippen molar-refractivity contribution in [3.05, 3.63) is 108 Å². The molecule has 0 aliphatic heterocycles. The molecule has 0 saturated carbocycles. The average Bonchev–Trinajstić information content (AvgIpc) is 2.84. The minimum Gasteiger partial charge on any atom is -0.252 e. The molecule has 0 saturated heterocycles. The molecule has 5 rings (SSSR count). The minimum absolute atomic E-state index is 1.11. The van der Waals surface area contributed by atoms with Gasteiger partial charge in [-0.15, -0.1) is 0 Å². The highest BCUT2D eigenvalue weighted by Crippen LogP contribution is 2.53. The zero-order valence-corrected chi connectivity index (χ0v) is 18.4. The maximum absolute atomic E-state index is 5.16. The lowest BCUT2D eigenvalue weighted by molar-refractivity contribution is 0.668. The molecule has 0 amide bonds. The van der Waals surface area contributed by atoms with E-state index in [1.54, 1.807) is 0 Å². The van der Waals surface area contributed by atoms with Crippen LogP contribution >= 0.6 is 7.26 Å². The summed E-state index contributed by atoms with van der Waals surface area (Å²) in [6.07, 6.45) is 4.82. The van der Waals surface area contributed by atoms with Crippen LogP contribution in [-0.4, -0.2) is 11.6 Å². The van der Waals surface area contributed by atoms with E-state index in [9.17, 15) is 0 Å². The molecule has 0 spiro atoms. The van der Waals surface area contributed by atoms with Gasteiger partial charge in [-0.05, 0) is 73.7 Å². The van der Waals surface area contributed by atoms with Gasteiger partial charge in [0.2, 0.25) is 0 Å². The number of aryl methyl sites for hydroxylation is 2. The zero-order valence-electron chi connectivity index (χ0n) is 17.5. The van der Waals surface area contributed by atoms with E-state index in [0.29, 0.717) is 0 Å². The summed E-state index contributed by atoms with van der Waals surface area (Å²) in [7, 11) is -1.80. The van der Waals surface area contributed by atoms with Gasteiger partial charge in [0.05, 0.1) is 12.4 Å². The Kier molecular flexibility index (Phi) is 5.23. The number of hydrogen-bond donors (Lipinski definition) is 0. The molecular weight excluding hydrogens is 381 g/mol. The van der Waals surface area contributed by atoms with E-state index in [4.69, 9.17) is 4.98 Å².